The second-order valence-electron chi connectivity index (χ2n) is 9.23. The Kier molecular flexibility index (Phi) is 8.66. The third-order valence-electron chi connectivity index (χ3n) is 6.87. The lowest BCUT2D eigenvalue weighted by Crippen LogP contribution is -2.58. The smallest absolute Gasteiger partial charge is 0.248 e. The minimum absolute atomic E-state index is 0.00197. The van der Waals surface area contributed by atoms with Crippen molar-refractivity contribution in [1.82, 2.24) is 15.1 Å². The Morgan fingerprint density at radius 3 is 2.38 bits per heavy atom. The first-order chi connectivity index (χ1) is 16.6. The first-order valence-electron chi connectivity index (χ1n) is 12.3. The van der Waals surface area contributed by atoms with Gasteiger partial charge in [-0.3, -0.25) is 14.5 Å². The van der Waals surface area contributed by atoms with Crippen molar-refractivity contribution in [2.45, 2.75) is 44.9 Å². The van der Waals surface area contributed by atoms with Crippen molar-refractivity contribution in [3.63, 3.8) is 0 Å². The Morgan fingerprint density at radius 1 is 0.971 bits per heavy atom. The third-order valence-corrected chi connectivity index (χ3v) is 6.87. The number of rotatable bonds is 9. The van der Waals surface area contributed by atoms with Crippen molar-refractivity contribution in [2.24, 2.45) is 5.92 Å². The number of amides is 2. The highest BCUT2D eigenvalue weighted by molar-refractivity contribution is 5.82. The van der Waals surface area contributed by atoms with E-state index in [1.807, 2.05) is 41.3 Å². The van der Waals surface area contributed by atoms with Gasteiger partial charge in [0.15, 0.2) is 0 Å². The van der Waals surface area contributed by atoms with Crippen LogP contribution in [-0.4, -0.2) is 60.4 Å². The number of hydrogen-bond donors (Lipinski definition) is 1. The predicted octanol–water partition coefficient (Wildman–Crippen LogP) is 3.36. The van der Waals surface area contributed by atoms with Crippen molar-refractivity contribution < 1.29 is 18.7 Å². The van der Waals surface area contributed by atoms with Crippen molar-refractivity contribution in [1.29, 1.82) is 0 Å². The van der Waals surface area contributed by atoms with Gasteiger partial charge in [-0.25, -0.2) is 4.39 Å². The van der Waals surface area contributed by atoms with Crippen LogP contribution in [0.4, 0.5) is 4.39 Å². The van der Waals surface area contributed by atoms with Crippen molar-refractivity contribution in [3.05, 3.63) is 71.5 Å². The van der Waals surface area contributed by atoms with E-state index in [1.54, 1.807) is 6.07 Å². The normalized spacial score (nSPS) is 18.1. The molecule has 7 heteroatoms. The van der Waals surface area contributed by atoms with E-state index in [-0.39, 0.29) is 30.3 Å². The molecule has 0 radical (unpaired) electrons. The number of carbonyl (C=O) groups excluding carboxylic acids is 2. The lowest BCUT2D eigenvalue weighted by atomic mass is 9.95. The molecule has 2 aromatic carbocycles. The molecule has 2 amide bonds. The topological polar surface area (TPSA) is 61.9 Å². The maximum atomic E-state index is 13.5. The number of carbonyl (C=O) groups is 2. The summed E-state index contributed by atoms with van der Waals surface area (Å²) in [5, 5.41) is 3.03. The molecule has 0 unspecified atom stereocenters. The molecular weight excluding hydrogens is 433 g/mol. The van der Waals surface area contributed by atoms with E-state index in [1.165, 1.54) is 12.1 Å². The van der Waals surface area contributed by atoms with Gasteiger partial charge in [0.25, 0.3) is 0 Å². The zero-order chi connectivity index (χ0) is 23.8. The third kappa shape index (κ3) is 6.64. The summed E-state index contributed by atoms with van der Waals surface area (Å²) in [6.45, 7) is 3.31. The summed E-state index contributed by atoms with van der Waals surface area (Å²) in [6.07, 6.45) is 4.39. The van der Waals surface area contributed by atoms with Crippen molar-refractivity contribution in [3.8, 4) is 0 Å². The molecule has 182 valence electrons. The molecule has 1 aliphatic heterocycles. The summed E-state index contributed by atoms with van der Waals surface area (Å²) in [6, 6.07) is 15.9. The first-order valence-corrected chi connectivity index (χ1v) is 12.3. The van der Waals surface area contributed by atoms with Gasteiger partial charge in [0.2, 0.25) is 11.8 Å². The standard InChI is InChI=1S/C27H34FN3O3/c28-24-12-6-9-22(17-24)18-29-27(33)26(23-10-4-5-11-23)31-15-13-30(14-16-31)25(32)20-34-19-21-7-2-1-3-8-21/h1-3,6-9,12,17,23,26H,4-5,10-11,13-16,18-20H2,(H,29,33)/t26-/m1/s1. The monoisotopic (exact) mass is 467 g/mol. The molecule has 1 saturated carbocycles. The highest BCUT2D eigenvalue weighted by Crippen LogP contribution is 2.31. The van der Waals surface area contributed by atoms with Crippen molar-refractivity contribution >= 4 is 11.8 Å². The van der Waals surface area contributed by atoms with Gasteiger partial charge >= 0.3 is 0 Å². The second-order valence-corrected chi connectivity index (χ2v) is 9.23. The fourth-order valence-corrected chi connectivity index (χ4v) is 5.06. The van der Waals surface area contributed by atoms with Gasteiger partial charge in [-0.1, -0.05) is 55.3 Å². The van der Waals surface area contributed by atoms with Gasteiger partial charge in [0.05, 0.1) is 12.6 Å². The van der Waals surface area contributed by atoms with Crippen molar-refractivity contribution in [2.75, 3.05) is 32.8 Å². The van der Waals surface area contributed by atoms with E-state index in [9.17, 15) is 14.0 Å². The highest BCUT2D eigenvalue weighted by atomic mass is 19.1. The zero-order valence-corrected chi connectivity index (χ0v) is 19.6. The molecule has 2 aliphatic rings. The van der Waals surface area contributed by atoms with Crippen LogP contribution in [-0.2, 0) is 27.5 Å². The van der Waals surface area contributed by atoms with Gasteiger partial charge in [-0.15, -0.1) is 0 Å². The highest BCUT2D eigenvalue weighted by Gasteiger charge is 2.37. The van der Waals surface area contributed by atoms with E-state index < -0.39 is 0 Å². The van der Waals surface area contributed by atoms with E-state index in [4.69, 9.17) is 4.74 Å². The average Bonchev–Trinajstić information content (AvgIpc) is 3.38. The fraction of sp³-hybridized carbons (Fsp3) is 0.481. The van der Waals surface area contributed by atoms with Gasteiger partial charge in [0, 0.05) is 32.7 Å². The molecule has 1 heterocycles. The molecule has 1 N–H and O–H groups in total. The summed E-state index contributed by atoms with van der Waals surface area (Å²) >= 11 is 0. The van der Waals surface area contributed by atoms with E-state index >= 15 is 0 Å². The fourth-order valence-electron chi connectivity index (χ4n) is 5.06. The number of nitrogens with one attached hydrogen (secondary N) is 1. The van der Waals surface area contributed by atoms with Crippen LogP contribution in [0.2, 0.25) is 0 Å². The number of piperazine rings is 1. The molecule has 2 aromatic rings. The lowest BCUT2D eigenvalue weighted by molar-refractivity contribution is -0.139. The van der Waals surface area contributed by atoms with Crippen LogP contribution in [0.3, 0.4) is 0 Å². The van der Waals surface area contributed by atoms with E-state index in [2.05, 4.69) is 10.2 Å². The van der Waals surface area contributed by atoms with E-state index in [0.717, 1.165) is 36.8 Å². The first kappa shape index (κ1) is 24.4. The van der Waals surface area contributed by atoms with Crippen LogP contribution in [0, 0.1) is 11.7 Å². The Bertz CT molecular complexity index is 941. The number of hydrogen-bond acceptors (Lipinski definition) is 4. The number of benzene rings is 2. The maximum Gasteiger partial charge on any atom is 0.248 e. The molecule has 2 fully saturated rings. The molecular formula is C27H34FN3O3. The van der Waals surface area contributed by atoms with Gasteiger partial charge in [-0.2, -0.15) is 0 Å². The molecule has 6 nitrogen and oxygen atoms in total. The molecule has 0 spiro atoms. The summed E-state index contributed by atoms with van der Waals surface area (Å²) in [5.41, 5.74) is 1.80. The summed E-state index contributed by atoms with van der Waals surface area (Å²) < 4.78 is 19.1. The SMILES string of the molecule is O=C(NCc1cccc(F)c1)[C@@H](C1CCCC1)N1CCN(C(=O)COCc2ccccc2)CC1. The minimum atomic E-state index is -0.298. The minimum Gasteiger partial charge on any atom is -0.367 e. The molecule has 0 bridgehead atoms. The summed E-state index contributed by atoms with van der Waals surface area (Å²) in [4.78, 5) is 29.9. The van der Waals surface area contributed by atoms with Crippen LogP contribution in [0.5, 0.6) is 0 Å². The quantitative estimate of drug-likeness (QED) is 0.614. The predicted molar refractivity (Wildman–Crippen MR) is 128 cm³/mol. The second kappa shape index (κ2) is 12.1. The molecule has 34 heavy (non-hydrogen) atoms. The van der Waals surface area contributed by atoms with Crippen LogP contribution in [0.1, 0.15) is 36.8 Å². The lowest BCUT2D eigenvalue weighted by Gasteiger charge is -2.40. The molecule has 1 saturated heterocycles. The van der Waals surface area contributed by atoms with Crippen LogP contribution in [0.25, 0.3) is 0 Å². The number of halogens is 1. The zero-order valence-electron chi connectivity index (χ0n) is 19.6. The van der Waals surface area contributed by atoms with Crippen LogP contribution in [0.15, 0.2) is 54.6 Å². The van der Waals surface area contributed by atoms with E-state index in [0.29, 0.717) is 45.2 Å². The summed E-state index contributed by atoms with van der Waals surface area (Å²) in [5.74, 6) is 0.0160. The number of ether oxygens (including phenoxy) is 1. The Morgan fingerprint density at radius 2 is 1.68 bits per heavy atom. The van der Waals surface area contributed by atoms with Gasteiger partial charge < -0.3 is 15.0 Å². The maximum absolute atomic E-state index is 13.5. The molecule has 1 atom stereocenters. The van der Waals surface area contributed by atoms with Crippen LogP contribution >= 0.6 is 0 Å². The molecule has 4 rings (SSSR count). The van der Waals surface area contributed by atoms with Gasteiger partial charge in [-0.05, 0) is 42.0 Å². The summed E-state index contributed by atoms with van der Waals surface area (Å²) in [7, 11) is 0. The van der Waals surface area contributed by atoms with Gasteiger partial charge in [0.1, 0.15) is 12.4 Å². The average molecular weight is 468 g/mol. The van der Waals surface area contributed by atoms with Crippen LogP contribution < -0.4 is 5.32 Å². The Hall–Kier alpha value is -2.77. The molecule has 0 aromatic heterocycles. The number of nitrogens with zero attached hydrogens (tertiary/aromatic N) is 2. The molecule has 1 aliphatic carbocycles. The largest absolute Gasteiger partial charge is 0.367 e. The Balaban J connectivity index is 1.28. The Labute approximate surface area is 201 Å².